The molecule has 3 heteroatoms. The number of aliphatic hydroxyl groups is 1. The zero-order valence-electron chi connectivity index (χ0n) is 11.6. The molecule has 1 amide bonds. The van der Waals surface area contributed by atoms with E-state index < -0.39 is 0 Å². The van der Waals surface area contributed by atoms with Crippen molar-refractivity contribution in [3.8, 4) is 0 Å². The lowest BCUT2D eigenvalue weighted by molar-refractivity contribution is -0.132. The SMILES string of the molecule is CC(C)CC(C)CC(=O)N(C)CC(O)C1CC1. The fraction of sp³-hybridized carbons (Fsp3) is 0.929. The summed E-state index contributed by atoms with van der Waals surface area (Å²) in [5.74, 6) is 1.68. The number of carbonyl (C=O) groups is 1. The van der Waals surface area contributed by atoms with Gasteiger partial charge in [-0.05, 0) is 37.0 Å². The molecule has 2 atom stereocenters. The van der Waals surface area contributed by atoms with Gasteiger partial charge in [0.05, 0.1) is 6.10 Å². The summed E-state index contributed by atoms with van der Waals surface area (Å²) >= 11 is 0. The van der Waals surface area contributed by atoms with Crippen LogP contribution in [0.3, 0.4) is 0 Å². The molecule has 1 aliphatic rings. The average Bonchev–Trinajstić information content (AvgIpc) is 2.98. The Morgan fingerprint density at radius 1 is 1.35 bits per heavy atom. The Hall–Kier alpha value is -0.570. The summed E-state index contributed by atoms with van der Waals surface area (Å²) in [6, 6.07) is 0. The van der Waals surface area contributed by atoms with Crippen molar-refractivity contribution in [3.05, 3.63) is 0 Å². The van der Waals surface area contributed by atoms with E-state index in [9.17, 15) is 9.90 Å². The molecule has 0 heterocycles. The van der Waals surface area contributed by atoms with Crippen molar-refractivity contribution in [2.75, 3.05) is 13.6 Å². The second kappa shape index (κ2) is 6.39. The minimum absolute atomic E-state index is 0.165. The smallest absolute Gasteiger partial charge is 0.222 e. The first-order valence-electron chi connectivity index (χ1n) is 6.82. The second-order valence-corrected chi connectivity index (χ2v) is 6.12. The number of nitrogens with zero attached hydrogens (tertiary/aromatic N) is 1. The van der Waals surface area contributed by atoms with Gasteiger partial charge in [-0.25, -0.2) is 0 Å². The lowest BCUT2D eigenvalue weighted by Crippen LogP contribution is -2.36. The van der Waals surface area contributed by atoms with E-state index in [0.29, 0.717) is 30.7 Å². The number of likely N-dealkylation sites (N-methyl/N-ethyl adjacent to an activating group) is 1. The van der Waals surface area contributed by atoms with Crippen LogP contribution in [0.25, 0.3) is 0 Å². The third-order valence-corrected chi connectivity index (χ3v) is 3.45. The summed E-state index contributed by atoms with van der Waals surface area (Å²) in [6.07, 6.45) is 3.61. The van der Waals surface area contributed by atoms with Crippen LogP contribution in [0.4, 0.5) is 0 Å². The summed E-state index contributed by atoms with van der Waals surface area (Å²) < 4.78 is 0. The topological polar surface area (TPSA) is 40.5 Å². The van der Waals surface area contributed by atoms with Crippen molar-refractivity contribution in [2.45, 2.75) is 52.6 Å². The van der Waals surface area contributed by atoms with E-state index in [-0.39, 0.29) is 12.0 Å². The minimum atomic E-state index is -0.315. The number of carbonyl (C=O) groups excluding carboxylic acids is 1. The monoisotopic (exact) mass is 241 g/mol. The summed E-state index contributed by atoms with van der Waals surface area (Å²) in [7, 11) is 1.80. The Labute approximate surface area is 105 Å². The molecule has 17 heavy (non-hydrogen) atoms. The molecule has 0 bridgehead atoms. The predicted molar refractivity (Wildman–Crippen MR) is 69.6 cm³/mol. The average molecular weight is 241 g/mol. The van der Waals surface area contributed by atoms with Crippen LogP contribution in [-0.4, -0.2) is 35.6 Å². The van der Waals surface area contributed by atoms with Gasteiger partial charge in [0.15, 0.2) is 0 Å². The standard InChI is InChI=1S/C14H27NO2/c1-10(2)7-11(3)8-14(17)15(4)9-13(16)12-5-6-12/h10-13,16H,5-9H2,1-4H3. The summed E-state index contributed by atoms with van der Waals surface area (Å²) in [6.45, 7) is 6.99. The molecule has 0 aromatic carbocycles. The van der Waals surface area contributed by atoms with Crippen molar-refractivity contribution in [1.82, 2.24) is 4.90 Å². The lowest BCUT2D eigenvalue weighted by atomic mass is 9.95. The third-order valence-electron chi connectivity index (χ3n) is 3.45. The molecule has 1 rings (SSSR count). The molecule has 0 saturated heterocycles. The van der Waals surface area contributed by atoms with Crippen molar-refractivity contribution >= 4 is 5.91 Å². The van der Waals surface area contributed by atoms with Gasteiger partial charge in [0.25, 0.3) is 0 Å². The molecule has 1 aliphatic carbocycles. The maximum absolute atomic E-state index is 11.9. The Bertz CT molecular complexity index is 249. The van der Waals surface area contributed by atoms with Crippen LogP contribution >= 0.6 is 0 Å². The van der Waals surface area contributed by atoms with Crippen LogP contribution in [0.2, 0.25) is 0 Å². The molecule has 1 fully saturated rings. The highest BCUT2D eigenvalue weighted by atomic mass is 16.3. The number of rotatable bonds is 7. The molecule has 3 nitrogen and oxygen atoms in total. The molecule has 0 aromatic rings. The summed E-state index contributed by atoms with van der Waals surface area (Å²) in [4.78, 5) is 13.6. The van der Waals surface area contributed by atoms with Gasteiger partial charge in [-0.2, -0.15) is 0 Å². The van der Waals surface area contributed by atoms with Crippen molar-refractivity contribution < 1.29 is 9.90 Å². The molecule has 0 spiro atoms. The number of hydrogen-bond acceptors (Lipinski definition) is 2. The summed E-state index contributed by atoms with van der Waals surface area (Å²) in [5.41, 5.74) is 0. The first-order valence-corrected chi connectivity index (χ1v) is 6.82. The van der Waals surface area contributed by atoms with Crippen molar-refractivity contribution in [3.63, 3.8) is 0 Å². The zero-order chi connectivity index (χ0) is 13.0. The van der Waals surface area contributed by atoms with Gasteiger partial charge >= 0.3 is 0 Å². The second-order valence-electron chi connectivity index (χ2n) is 6.12. The van der Waals surface area contributed by atoms with Crippen LogP contribution in [0.5, 0.6) is 0 Å². The van der Waals surface area contributed by atoms with E-state index in [2.05, 4.69) is 20.8 Å². The van der Waals surface area contributed by atoms with E-state index in [0.717, 1.165) is 19.3 Å². The zero-order valence-corrected chi connectivity index (χ0v) is 11.6. The maximum Gasteiger partial charge on any atom is 0.222 e. The Kier molecular flexibility index (Phi) is 5.44. The largest absolute Gasteiger partial charge is 0.391 e. The van der Waals surface area contributed by atoms with Gasteiger partial charge in [-0.3, -0.25) is 4.79 Å². The summed E-state index contributed by atoms with van der Waals surface area (Å²) in [5, 5.41) is 9.79. The normalized spacial score (nSPS) is 19.2. The predicted octanol–water partition coefficient (Wildman–Crippen LogP) is 2.29. The fourth-order valence-corrected chi connectivity index (χ4v) is 2.35. The Balaban J connectivity index is 2.25. The van der Waals surface area contributed by atoms with Gasteiger partial charge < -0.3 is 10.0 Å². The van der Waals surface area contributed by atoms with E-state index in [1.807, 2.05) is 0 Å². The van der Waals surface area contributed by atoms with Gasteiger partial charge in [0, 0.05) is 20.0 Å². The highest BCUT2D eigenvalue weighted by Crippen LogP contribution is 2.32. The molecular formula is C14H27NO2. The number of hydrogen-bond donors (Lipinski definition) is 1. The highest BCUT2D eigenvalue weighted by molar-refractivity contribution is 5.76. The van der Waals surface area contributed by atoms with Crippen LogP contribution < -0.4 is 0 Å². The van der Waals surface area contributed by atoms with E-state index in [4.69, 9.17) is 0 Å². The van der Waals surface area contributed by atoms with Gasteiger partial charge in [0.1, 0.15) is 0 Å². The molecule has 0 radical (unpaired) electrons. The molecule has 2 unspecified atom stereocenters. The highest BCUT2D eigenvalue weighted by Gasteiger charge is 2.31. The first-order chi connectivity index (χ1) is 7.90. The van der Waals surface area contributed by atoms with Crippen LogP contribution in [0.1, 0.15) is 46.5 Å². The number of aliphatic hydroxyl groups excluding tert-OH is 1. The number of amides is 1. The Morgan fingerprint density at radius 2 is 1.94 bits per heavy atom. The molecule has 1 N–H and O–H groups in total. The molecule has 100 valence electrons. The van der Waals surface area contributed by atoms with Crippen LogP contribution in [-0.2, 0) is 4.79 Å². The van der Waals surface area contributed by atoms with Gasteiger partial charge in [-0.1, -0.05) is 20.8 Å². The maximum atomic E-state index is 11.9. The van der Waals surface area contributed by atoms with E-state index in [1.165, 1.54) is 0 Å². The first kappa shape index (κ1) is 14.5. The molecule has 0 aromatic heterocycles. The fourth-order valence-electron chi connectivity index (χ4n) is 2.35. The van der Waals surface area contributed by atoms with Crippen molar-refractivity contribution in [1.29, 1.82) is 0 Å². The van der Waals surface area contributed by atoms with Gasteiger partial charge in [0.2, 0.25) is 5.91 Å². The molecule has 1 saturated carbocycles. The van der Waals surface area contributed by atoms with Crippen LogP contribution in [0.15, 0.2) is 0 Å². The van der Waals surface area contributed by atoms with Gasteiger partial charge in [-0.15, -0.1) is 0 Å². The molecule has 0 aliphatic heterocycles. The third kappa shape index (κ3) is 5.53. The minimum Gasteiger partial charge on any atom is -0.391 e. The lowest BCUT2D eigenvalue weighted by Gasteiger charge is -2.23. The van der Waals surface area contributed by atoms with Crippen LogP contribution in [0, 0.1) is 17.8 Å². The molecular weight excluding hydrogens is 214 g/mol. The van der Waals surface area contributed by atoms with E-state index >= 15 is 0 Å². The van der Waals surface area contributed by atoms with E-state index in [1.54, 1.807) is 11.9 Å². The quantitative estimate of drug-likeness (QED) is 0.743. The van der Waals surface area contributed by atoms with Crippen molar-refractivity contribution in [2.24, 2.45) is 17.8 Å². The Morgan fingerprint density at radius 3 is 2.41 bits per heavy atom.